The maximum Gasteiger partial charge on any atom is 0.329 e. The van der Waals surface area contributed by atoms with E-state index in [1.807, 2.05) is 6.07 Å². The zero-order valence-corrected chi connectivity index (χ0v) is 11.8. The molecule has 0 heterocycles. The van der Waals surface area contributed by atoms with E-state index in [0.717, 1.165) is 24.8 Å². The molecule has 1 aliphatic rings. The van der Waals surface area contributed by atoms with Crippen LogP contribution in [0.5, 0.6) is 0 Å². The molecule has 1 aromatic carbocycles. The maximum atomic E-state index is 12.1. The van der Waals surface area contributed by atoms with Crippen LogP contribution in [0.4, 0.5) is 0 Å². The first-order valence-electron chi connectivity index (χ1n) is 7.09. The zero-order chi connectivity index (χ0) is 15.3. The summed E-state index contributed by atoms with van der Waals surface area (Å²) in [5.74, 6) is -1.24. The lowest BCUT2D eigenvalue weighted by Crippen LogP contribution is -2.55. The molecule has 0 saturated heterocycles. The second kappa shape index (κ2) is 6.40. The fourth-order valence-corrected chi connectivity index (χ4v) is 2.74. The van der Waals surface area contributed by atoms with E-state index in [0.29, 0.717) is 18.4 Å². The van der Waals surface area contributed by atoms with Crippen molar-refractivity contribution in [2.45, 2.75) is 44.1 Å². The van der Waals surface area contributed by atoms with Crippen LogP contribution in [0.1, 0.15) is 43.2 Å². The summed E-state index contributed by atoms with van der Waals surface area (Å²) in [7, 11) is 0. The molecular weight excluding hydrogens is 268 g/mol. The average Bonchev–Trinajstić information content (AvgIpc) is 2.48. The van der Waals surface area contributed by atoms with Gasteiger partial charge in [-0.3, -0.25) is 4.79 Å². The Bertz CT molecular complexity index is 566. The summed E-state index contributed by atoms with van der Waals surface area (Å²) < 4.78 is 0. The number of nitrogens with one attached hydrogen (secondary N) is 1. The van der Waals surface area contributed by atoms with Crippen molar-refractivity contribution in [1.82, 2.24) is 5.32 Å². The second-order valence-corrected chi connectivity index (χ2v) is 5.48. The minimum absolute atomic E-state index is 0.126. The third kappa shape index (κ3) is 3.60. The molecule has 110 valence electrons. The Morgan fingerprint density at radius 1 is 1.19 bits per heavy atom. The Labute approximate surface area is 123 Å². The molecular formula is C16H18N2O3. The number of aliphatic carboxylic acids is 1. The van der Waals surface area contributed by atoms with Gasteiger partial charge in [-0.15, -0.1) is 0 Å². The second-order valence-electron chi connectivity index (χ2n) is 5.48. The fourth-order valence-electron chi connectivity index (χ4n) is 2.74. The van der Waals surface area contributed by atoms with E-state index in [9.17, 15) is 14.7 Å². The van der Waals surface area contributed by atoms with Gasteiger partial charge in [0, 0.05) is 0 Å². The minimum Gasteiger partial charge on any atom is -0.480 e. The minimum atomic E-state index is -1.11. The van der Waals surface area contributed by atoms with E-state index >= 15 is 0 Å². The zero-order valence-electron chi connectivity index (χ0n) is 11.8. The van der Waals surface area contributed by atoms with Crippen molar-refractivity contribution in [1.29, 1.82) is 5.26 Å². The predicted molar refractivity (Wildman–Crippen MR) is 76.5 cm³/mol. The van der Waals surface area contributed by atoms with Gasteiger partial charge in [0.1, 0.15) is 5.54 Å². The van der Waals surface area contributed by atoms with Gasteiger partial charge in [-0.25, -0.2) is 4.79 Å². The van der Waals surface area contributed by atoms with Crippen LogP contribution in [0, 0.1) is 11.3 Å². The molecule has 0 aliphatic heterocycles. The van der Waals surface area contributed by atoms with Gasteiger partial charge in [0.2, 0.25) is 5.91 Å². The lowest BCUT2D eigenvalue weighted by atomic mass is 9.81. The lowest BCUT2D eigenvalue weighted by Gasteiger charge is -2.34. The molecule has 2 N–H and O–H groups in total. The summed E-state index contributed by atoms with van der Waals surface area (Å²) in [6, 6.07) is 8.74. The molecule has 5 nitrogen and oxygen atoms in total. The van der Waals surface area contributed by atoms with Gasteiger partial charge in [0.15, 0.2) is 0 Å². The highest BCUT2D eigenvalue weighted by Gasteiger charge is 2.40. The highest BCUT2D eigenvalue weighted by molar-refractivity contribution is 5.88. The smallest absolute Gasteiger partial charge is 0.329 e. The number of carbonyl (C=O) groups excluding carboxylic acids is 1. The summed E-state index contributed by atoms with van der Waals surface area (Å²) in [6.07, 6.45) is 3.76. The number of nitriles is 1. The van der Waals surface area contributed by atoms with Crippen molar-refractivity contribution < 1.29 is 14.7 Å². The fraction of sp³-hybridized carbons (Fsp3) is 0.438. The van der Waals surface area contributed by atoms with Gasteiger partial charge in [-0.2, -0.15) is 5.26 Å². The van der Waals surface area contributed by atoms with Gasteiger partial charge in [0.05, 0.1) is 18.1 Å². The first-order valence-corrected chi connectivity index (χ1v) is 7.09. The predicted octanol–water partition coefficient (Wildman–Crippen LogP) is 2.00. The third-order valence-corrected chi connectivity index (χ3v) is 3.94. The van der Waals surface area contributed by atoms with Gasteiger partial charge in [-0.1, -0.05) is 31.4 Å². The number of carboxylic acid groups (broad SMARTS) is 1. The molecule has 1 fully saturated rings. The van der Waals surface area contributed by atoms with Crippen LogP contribution in [0.2, 0.25) is 0 Å². The summed E-state index contributed by atoms with van der Waals surface area (Å²) in [6.45, 7) is 0. The van der Waals surface area contributed by atoms with Crippen molar-refractivity contribution in [3.05, 3.63) is 35.4 Å². The molecule has 1 aliphatic carbocycles. The van der Waals surface area contributed by atoms with E-state index in [-0.39, 0.29) is 12.3 Å². The molecule has 0 unspecified atom stereocenters. The summed E-state index contributed by atoms with van der Waals surface area (Å²) in [4.78, 5) is 23.6. The lowest BCUT2D eigenvalue weighted by molar-refractivity contribution is -0.149. The Morgan fingerprint density at radius 2 is 1.81 bits per heavy atom. The summed E-state index contributed by atoms with van der Waals surface area (Å²) >= 11 is 0. The van der Waals surface area contributed by atoms with Crippen LogP contribution in [0.25, 0.3) is 0 Å². The Hall–Kier alpha value is -2.35. The first kappa shape index (κ1) is 15.0. The summed E-state index contributed by atoms with van der Waals surface area (Å²) in [5.41, 5.74) is 0.193. The monoisotopic (exact) mass is 286 g/mol. The van der Waals surface area contributed by atoms with Crippen LogP contribution in [0.15, 0.2) is 24.3 Å². The van der Waals surface area contributed by atoms with E-state index in [1.54, 1.807) is 24.3 Å². The van der Waals surface area contributed by atoms with Crippen LogP contribution in [-0.2, 0) is 16.0 Å². The molecule has 2 rings (SSSR count). The van der Waals surface area contributed by atoms with Crippen molar-refractivity contribution >= 4 is 11.9 Å². The number of carbonyl (C=O) groups is 2. The van der Waals surface area contributed by atoms with Crippen molar-refractivity contribution in [3.8, 4) is 6.07 Å². The SMILES string of the molecule is N#Cc1ccc(CC(=O)NC2(C(=O)O)CCCCC2)cc1. The van der Waals surface area contributed by atoms with Gasteiger partial charge in [0.25, 0.3) is 0 Å². The first-order chi connectivity index (χ1) is 10.1. The van der Waals surface area contributed by atoms with E-state index in [4.69, 9.17) is 5.26 Å². The highest BCUT2D eigenvalue weighted by Crippen LogP contribution is 2.28. The van der Waals surface area contributed by atoms with E-state index in [1.165, 1.54) is 0 Å². The van der Waals surface area contributed by atoms with Gasteiger partial charge < -0.3 is 10.4 Å². The molecule has 0 radical (unpaired) electrons. The highest BCUT2D eigenvalue weighted by atomic mass is 16.4. The Balaban J connectivity index is 2.02. The van der Waals surface area contributed by atoms with E-state index < -0.39 is 11.5 Å². The Morgan fingerprint density at radius 3 is 2.33 bits per heavy atom. The number of amides is 1. The quantitative estimate of drug-likeness (QED) is 0.885. The van der Waals surface area contributed by atoms with Crippen LogP contribution in [0.3, 0.4) is 0 Å². The number of rotatable bonds is 4. The molecule has 0 bridgehead atoms. The molecule has 1 aromatic rings. The van der Waals surface area contributed by atoms with Crippen molar-refractivity contribution in [2.75, 3.05) is 0 Å². The van der Waals surface area contributed by atoms with Gasteiger partial charge >= 0.3 is 5.97 Å². The molecule has 1 saturated carbocycles. The number of benzene rings is 1. The topological polar surface area (TPSA) is 90.2 Å². The number of nitrogens with zero attached hydrogens (tertiary/aromatic N) is 1. The van der Waals surface area contributed by atoms with Crippen molar-refractivity contribution in [3.63, 3.8) is 0 Å². The van der Waals surface area contributed by atoms with Crippen molar-refractivity contribution in [2.24, 2.45) is 0 Å². The number of hydrogen-bond acceptors (Lipinski definition) is 3. The Kier molecular flexibility index (Phi) is 4.59. The van der Waals surface area contributed by atoms with Crippen LogP contribution in [-0.4, -0.2) is 22.5 Å². The van der Waals surface area contributed by atoms with Gasteiger partial charge in [-0.05, 0) is 30.5 Å². The molecule has 21 heavy (non-hydrogen) atoms. The number of carboxylic acids is 1. The van der Waals surface area contributed by atoms with Crippen LogP contribution < -0.4 is 5.32 Å². The normalized spacial score (nSPS) is 16.7. The standard InChI is InChI=1S/C16H18N2O3/c17-11-13-6-4-12(5-7-13)10-14(19)18-16(15(20)21)8-2-1-3-9-16/h4-7H,1-3,8-10H2,(H,18,19)(H,20,21). The van der Waals surface area contributed by atoms with E-state index in [2.05, 4.69) is 5.32 Å². The summed E-state index contributed by atoms with van der Waals surface area (Å²) in [5, 5.41) is 20.9. The van der Waals surface area contributed by atoms with Crippen LogP contribution >= 0.6 is 0 Å². The molecule has 0 atom stereocenters. The number of hydrogen-bond donors (Lipinski definition) is 2. The molecule has 5 heteroatoms. The molecule has 1 amide bonds. The average molecular weight is 286 g/mol. The maximum absolute atomic E-state index is 12.1. The molecule has 0 aromatic heterocycles. The largest absolute Gasteiger partial charge is 0.480 e. The molecule has 0 spiro atoms. The third-order valence-electron chi connectivity index (χ3n) is 3.94.